The number of nitrogens with one attached hydrogen (secondary N) is 1. The standard InChI is InChI=1S/C18H31NO/c1-4-7-9-16-10-8-11-17(14-16)19-15-18(20,12-5-2)13-6-3/h8,10-11,14,19-20H,4-7,9,12-13,15H2,1-3H3. The molecule has 1 aromatic rings. The summed E-state index contributed by atoms with van der Waals surface area (Å²) < 4.78 is 0. The fraction of sp³-hybridized carbons (Fsp3) is 0.667. The Morgan fingerprint density at radius 2 is 1.75 bits per heavy atom. The Balaban J connectivity index is 2.58. The number of hydrogen-bond acceptors (Lipinski definition) is 2. The SMILES string of the molecule is CCCCc1cccc(NCC(O)(CCC)CCC)c1. The van der Waals surface area contributed by atoms with Crippen LogP contribution in [0.15, 0.2) is 24.3 Å². The zero-order chi connectivity index (χ0) is 14.8. The van der Waals surface area contributed by atoms with Gasteiger partial charge in [0.25, 0.3) is 0 Å². The molecule has 0 fully saturated rings. The minimum Gasteiger partial charge on any atom is -0.388 e. The molecule has 0 aliphatic heterocycles. The van der Waals surface area contributed by atoms with E-state index in [1.54, 1.807) is 0 Å². The number of benzene rings is 1. The summed E-state index contributed by atoms with van der Waals surface area (Å²) in [6, 6.07) is 8.60. The van der Waals surface area contributed by atoms with Gasteiger partial charge in [-0.3, -0.25) is 0 Å². The summed E-state index contributed by atoms with van der Waals surface area (Å²) in [5.74, 6) is 0. The predicted octanol–water partition coefficient (Wildman–Crippen LogP) is 4.77. The highest BCUT2D eigenvalue weighted by atomic mass is 16.3. The lowest BCUT2D eigenvalue weighted by atomic mass is 9.92. The monoisotopic (exact) mass is 277 g/mol. The van der Waals surface area contributed by atoms with E-state index in [9.17, 15) is 5.11 Å². The van der Waals surface area contributed by atoms with Crippen LogP contribution in [0.1, 0.15) is 64.9 Å². The summed E-state index contributed by atoms with van der Waals surface area (Å²) in [5.41, 5.74) is 1.94. The van der Waals surface area contributed by atoms with Crippen molar-refractivity contribution in [3.63, 3.8) is 0 Å². The third kappa shape index (κ3) is 5.96. The van der Waals surface area contributed by atoms with Crippen LogP contribution in [0, 0.1) is 0 Å². The van der Waals surface area contributed by atoms with E-state index in [1.165, 1.54) is 18.4 Å². The van der Waals surface area contributed by atoms with Crippen molar-refractivity contribution in [3.8, 4) is 0 Å². The molecule has 2 nitrogen and oxygen atoms in total. The molecule has 1 rings (SSSR count). The van der Waals surface area contributed by atoms with E-state index < -0.39 is 5.60 Å². The zero-order valence-electron chi connectivity index (χ0n) is 13.4. The van der Waals surface area contributed by atoms with E-state index in [2.05, 4.69) is 50.4 Å². The fourth-order valence-corrected chi connectivity index (χ4v) is 2.72. The molecule has 0 aliphatic rings. The van der Waals surface area contributed by atoms with Crippen LogP contribution in [0.4, 0.5) is 5.69 Å². The summed E-state index contributed by atoms with van der Waals surface area (Å²) in [6.45, 7) is 7.13. The number of rotatable bonds is 10. The second kappa shape index (κ2) is 9.02. The maximum Gasteiger partial charge on any atom is 0.0819 e. The van der Waals surface area contributed by atoms with Crippen LogP contribution in [0.5, 0.6) is 0 Å². The van der Waals surface area contributed by atoms with Crippen LogP contribution < -0.4 is 5.32 Å². The van der Waals surface area contributed by atoms with Gasteiger partial charge in [-0.15, -0.1) is 0 Å². The molecule has 1 aromatic carbocycles. The van der Waals surface area contributed by atoms with E-state index >= 15 is 0 Å². The van der Waals surface area contributed by atoms with E-state index in [1.807, 2.05) is 0 Å². The van der Waals surface area contributed by atoms with Gasteiger partial charge in [0.2, 0.25) is 0 Å². The average molecular weight is 277 g/mol. The Morgan fingerprint density at radius 3 is 2.35 bits per heavy atom. The van der Waals surface area contributed by atoms with E-state index in [-0.39, 0.29) is 0 Å². The van der Waals surface area contributed by atoms with Crippen molar-refractivity contribution in [2.45, 2.75) is 71.3 Å². The maximum atomic E-state index is 10.6. The number of aryl methyl sites for hydroxylation is 1. The van der Waals surface area contributed by atoms with Gasteiger partial charge in [-0.2, -0.15) is 0 Å². The summed E-state index contributed by atoms with van der Waals surface area (Å²) in [5, 5.41) is 14.0. The smallest absolute Gasteiger partial charge is 0.0819 e. The Kier molecular flexibility index (Phi) is 7.68. The minimum absolute atomic E-state index is 0.567. The lowest BCUT2D eigenvalue weighted by molar-refractivity contribution is 0.0344. The molecule has 0 spiro atoms. The molecular weight excluding hydrogens is 246 g/mol. The first-order chi connectivity index (χ1) is 9.63. The normalized spacial score (nSPS) is 11.6. The molecule has 2 heteroatoms. The van der Waals surface area contributed by atoms with Crippen molar-refractivity contribution < 1.29 is 5.11 Å². The molecule has 0 aliphatic carbocycles. The number of hydrogen-bond donors (Lipinski definition) is 2. The molecule has 0 saturated carbocycles. The van der Waals surface area contributed by atoms with Crippen molar-refractivity contribution in [2.75, 3.05) is 11.9 Å². The molecule has 2 N–H and O–H groups in total. The molecule has 0 unspecified atom stereocenters. The van der Waals surface area contributed by atoms with Gasteiger partial charge in [0.15, 0.2) is 0 Å². The third-order valence-electron chi connectivity index (χ3n) is 3.80. The van der Waals surface area contributed by atoms with Gasteiger partial charge in [0, 0.05) is 12.2 Å². The fourth-order valence-electron chi connectivity index (χ4n) is 2.72. The van der Waals surface area contributed by atoms with E-state index in [0.717, 1.165) is 37.8 Å². The first-order valence-electron chi connectivity index (χ1n) is 8.18. The Hall–Kier alpha value is -1.02. The summed E-state index contributed by atoms with van der Waals surface area (Å²) >= 11 is 0. The second-order valence-corrected chi connectivity index (χ2v) is 5.88. The largest absolute Gasteiger partial charge is 0.388 e. The molecule has 20 heavy (non-hydrogen) atoms. The quantitative estimate of drug-likeness (QED) is 0.645. The maximum absolute atomic E-state index is 10.6. The topological polar surface area (TPSA) is 32.3 Å². The average Bonchev–Trinajstić information content (AvgIpc) is 2.44. The summed E-state index contributed by atoms with van der Waals surface area (Å²) in [4.78, 5) is 0. The van der Waals surface area contributed by atoms with Crippen molar-refractivity contribution in [3.05, 3.63) is 29.8 Å². The highest BCUT2D eigenvalue weighted by molar-refractivity contribution is 5.46. The van der Waals surface area contributed by atoms with Gasteiger partial charge in [-0.1, -0.05) is 52.2 Å². The summed E-state index contributed by atoms with van der Waals surface area (Å²) in [6.07, 6.45) is 7.37. The molecule has 0 saturated heterocycles. The first-order valence-corrected chi connectivity index (χ1v) is 8.18. The molecule has 0 amide bonds. The van der Waals surface area contributed by atoms with E-state index in [0.29, 0.717) is 6.54 Å². The van der Waals surface area contributed by atoms with Gasteiger partial charge in [0.05, 0.1) is 5.60 Å². The molecule has 0 heterocycles. The van der Waals surface area contributed by atoms with Gasteiger partial charge in [-0.25, -0.2) is 0 Å². The van der Waals surface area contributed by atoms with Crippen LogP contribution in [0.2, 0.25) is 0 Å². The second-order valence-electron chi connectivity index (χ2n) is 5.88. The van der Waals surface area contributed by atoms with Crippen LogP contribution in [0.3, 0.4) is 0 Å². The lowest BCUT2D eigenvalue weighted by Gasteiger charge is -2.28. The predicted molar refractivity (Wildman–Crippen MR) is 88.3 cm³/mol. The van der Waals surface area contributed by atoms with Crippen molar-refractivity contribution in [1.82, 2.24) is 0 Å². The number of aliphatic hydroxyl groups is 1. The highest BCUT2D eigenvalue weighted by Gasteiger charge is 2.24. The lowest BCUT2D eigenvalue weighted by Crippen LogP contribution is -2.36. The van der Waals surface area contributed by atoms with Gasteiger partial charge < -0.3 is 10.4 Å². The van der Waals surface area contributed by atoms with Gasteiger partial charge in [-0.05, 0) is 43.4 Å². The van der Waals surface area contributed by atoms with Gasteiger partial charge >= 0.3 is 0 Å². The van der Waals surface area contributed by atoms with Crippen molar-refractivity contribution in [1.29, 1.82) is 0 Å². The third-order valence-corrected chi connectivity index (χ3v) is 3.80. The van der Waals surface area contributed by atoms with Crippen LogP contribution in [-0.4, -0.2) is 17.3 Å². The Bertz CT molecular complexity index is 369. The first kappa shape index (κ1) is 17.0. The number of unbranched alkanes of at least 4 members (excludes halogenated alkanes) is 1. The molecule has 0 radical (unpaired) electrons. The molecule has 0 aromatic heterocycles. The molecule has 0 bridgehead atoms. The van der Waals surface area contributed by atoms with Gasteiger partial charge in [0.1, 0.15) is 0 Å². The Labute approximate surface area is 124 Å². The van der Waals surface area contributed by atoms with Crippen LogP contribution in [-0.2, 0) is 6.42 Å². The summed E-state index contributed by atoms with van der Waals surface area (Å²) in [7, 11) is 0. The number of anilines is 1. The Morgan fingerprint density at radius 1 is 1.05 bits per heavy atom. The van der Waals surface area contributed by atoms with Crippen molar-refractivity contribution in [2.24, 2.45) is 0 Å². The van der Waals surface area contributed by atoms with E-state index in [4.69, 9.17) is 0 Å². The highest BCUT2D eigenvalue weighted by Crippen LogP contribution is 2.21. The van der Waals surface area contributed by atoms with Crippen LogP contribution in [0.25, 0.3) is 0 Å². The minimum atomic E-state index is -0.567. The molecule has 114 valence electrons. The molecule has 0 atom stereocenters. The zero-order valence-corrected chi connectivity index (χ0v) is 13.4. The van der Waals surface area contributed by atoms with Crippen LogP contribution >= 0.6 is 0 Å². The molecular formula is C18H31NO. The van der Waals surface area contributed by atoms with Crippen molar-refractivity contribution >= 4 is 5.69 Å².